The molecule has 21 heavy (non-hydrogen) atoms. The van der Waals surface area contributed by atoms with Crippen molar-refractivity contribution in [3.05, 3.63) is 35.7 Å². The summed E-state index contributed by atoms with van der Waals surface area (Å²) in [6, 6.07) is 3.41. The average Bonchev–Trinajstić information content (AvgIpc) is 3.10. The lowest BCUT2D eigenvalue weighted by atomic mass is 10.2. The largest absolute Gasteiger partial charge is 0.337 e. The van der Waals surface area contributed by atoms with Crippen molar-refractivity contribution in [1.29, 1.82) is 0 Å². The molecule has 1 aliphatic heterocycles. The molecule has 0 saturated carbocycles. The lowest BCUT2D eigenvalue weighted by molar-refractivity contribution is 0.140. The van der Waals surface area contributed by atoms with Gasteiger partial charge in [0.15, 0.2) is 0 Å². The van der Waals surface area contributed by atoms with E-state index >= 15 is 0 Å². The Balaban J connectivity index is 1.88. The number of sulfonamides is 1. The fourth-order valence-corrected chi connectivity index (χ4v) is 5.16. The third-order valence-corrected chi connectivity index (χ3v) is 7.09. The van der Waals surface area contributed by atoms with E-state index in [-0.39, 0.29) is 6.04 Å². The Morgan fingerprint density at radius 3 is 2.76 bits per heavy atom. The Morgan fingerprint density at radius 2 is 2.14 bits per heavy atom. The van der Waals surface area contributed by atoms with Crippen molar-refractivity contribution in [3.63, 3.8) is 0 Å². The van der Waals surface area contributed by atoms with Gasteiger partial charge in [-0.05, 0) is 18.5 Å². The first-order valence-electron chi connectivity index (χ1n) is 6.71. The van der Waals surface area contributed by atoms with Crippen molar-refractivity contribution in [2.24, 2.45) is 7.05 Å². The highest BCUT2D eigenvalue weighted by atomic mass is 32.2. The molecule has 0 amide bonds. The second-order valence-corrected chi connectivity index (χ2v) is 8.30. The molecule has 0 spiro atoms. The van der Waals surface area contributed by atoms with Crippen molar-refractivity contribution in [2.45, 2.75) is 10.3 Å². The van der Waals surface area contributed by atoms with E-state index in [1.807, 2.05) is 24.9 Å². The van der Waals surface area contributed by atoms with Crippen LogP contribution in [0.15, 0.2) is 34.1 Å². The normalized spacial score (nSPS) is 21.7. The first-order valence-corrected chi connectivity index (χ1v) is 9.03. The Morgan fingerprint density at radius 1 is 1.33 bits per heavy atom. The number of hydrogen-bond acceptors (Lipinski definition) is 5. The molecule has 6 nitrogen and oxygen atoms in total. The molecule has 0 unspecified atom stereocenters. The predicted molar refractivity (Wildman–Crippen MR) is 81.7 cm³/mol. The summed E-state index contributed by atoms with van der Waals surface area (Å²) < 4.78 is 29.2. The number of thiophene rings is 1. The maximum atomic E-state index is 12.6. The second kappa shape index (κ2) is 5.53. The van der Waals surface area contributed by atoms with Gasteiger partial charge >= 0.3 is 0 Å². The fraction of sp³-hybridized carbons (Fsp3) is 0.462. The minimum atomic E-state index is -3.39. The number of rotatable bonds is 3. The zero-order chi connectivity index (χ0) is 15.0. The van der Waals surface area contributed by atoms with E-state index in [4.69, 9.17) is 0 Å². The molecule has 1 atom stereocenters. The van der Waals surface area contributed by atoms with Crippen LogP contribution in [0.4, 0.5) is 0 Å². The number of piperazine rings is 1. The van der Waals surface area contributed by atoms with E-state index in [2.05, 4.69) is 9.88 Å². The van der Waals surface area contributed by atoms with Gasteiger partial charge in [-0.15, -0.1) is 11.3 Å². The number of nitrogens with zero attached hydrogens (tertiary/aromatic N) is 4. The van der Waals surface area contributed by atoms with Crippen molar-refractivity contribution < 1.29 is 8.42 Å². The van der Waals surface area contributed by atoms with Gasteiger partial charge in [-0.2, -0.15) is 4.31 Å². The first-order chi connectivity index (χ1) is 10.00. The van der Waals surface area contributed by atoms with Gasteiger partial charge in [-0.1, -0.05) is 6.07 Å². The van der Waals surface area contributed by atoms with Crippen LogP contribution in [0.25, 0.3) is 0 Å². The minimum absolute atomic E-state index is 0.0199. The van der Waals surface area contributed by atoms with Gasteiger partial charge < -0.3 is 4.57 Å². The van der Waals surface area contributed by atoms with Crippen LogP contribution in [0.1, 0.15) is 11.9 Å². The van der Waals surface area contributed by atoms with Crippen molar-refractivity contribution >= 4 is 21.4 Å². The minimum Gasteiger partial charge on any atom is -0.337 e. The molecule has 8 heteroatoms. The molecule has 0 aliphatic carbocycles. The monoisotopic (exact) mass is 326 g/mol. The van der Waals surface area contributed by atoms with Gasteiger partial charge in [0.05, 0.1) is 6.04 Å². The standard InChI is InChI=1S/C13H18N4O2S2/c1-15-7-8-17(21(18,19)12-4-3-9-20-12)10-11(15)13-14-5-6-16(13)2/h3-6,9,11H,7-8,10H2,1-2H3/t11-/m0/s1. The van der Waals surface area contributed by atoms with E-state index in [0.29, 0.717) is 23.8 Å². The maximum Gasteiger partial charge on any atom is 0.252 e. The Labute approximate surface area is 128 Å². The third kappa shape index (κ3) is 2.64. The van der Waals surface area contributed by atoms with E-state index in [1.165, 1.54) is 11.3 Å². The lowest BCUT2D eigenvalue weighted by Crippen LogP contribution is -2.49. The molecule has 0 aromatic carbocycles. The molecule has 114 valence electrons. The van der Waals surface area contributed by atoms with Crippen molar-refractivity contribution in [3.8, 4) is 0 Å². The first kappa shape index (κ1) is 14.7. The summed E-state index contributed by atoms with van der Waals surface area (Å²) in [6.07, 6.45) is 3.63. The van der Waals surface area contributed by atoms with Gasteiger partial charge in [-0.3, -0.25) is 4.90 Å². The van der Waals surface area contributed by atoms with Crippen LogP contribution < -0.4 is 0 Å². The highest BCUT2D eigenvalue weighted by molar-refractivity contribution is 7.91. The summed E-state index contributed by atoms with van der Waals surface area (Å²) in [5, 5.41) is 1.79. The van der Waals surface area contributed by atoms with Crippen molar-refractivity contribution in [2.75, 3.05) is 26.7 Å². The quantitative estimate of drug-likeness (QED) is 0.849. The van der Waals surface area contributed by atoms with Gasteiger partial charge in [0.25, 0.3) is 10.0 Å². The summed E-state index contributed by atoms with van der Waals surface area (Å²) in [5.74, 6) is 0.892. The Hall–Kier alpha value is -1.22. The summed E-state index contributed by atoms with van der Waals surface area (Å²) in [4.78, 5) is 6.53. The fourth-order valence-electron chi connectivity index (χ4n) is 2.58. The molecule has 1 fully saturated rings. The van der Waals surface area contributed by atoms with E-state index in [9.17, 15) is 8.42 Å². The van der Waals surface area contributed by atoms with Crippen LogP contribution in [-0.2, 0) is 17.1 Å². The topological polar surface area (TPSA) is 58.4 Å². The number of aryl methyl sites for hydroxylation is 1. The second-order valence-electron chi connectivity index (χ2n) is 5.19. The Bertz CT molecular complexity index is 708. The molecular weight excluding hydrogens is 308 g/mol. The highest BCUT2D eigenvalue weighted by Gasteiger charge is 2.35. The van der Waals surface area contributed by atoms with Crippen LogP contribution in [0.3, 0.4) is 0 Å². The van der Waals surface area contributed by atoms with E-state index < -0.39 is 10.0 Å². The van der Waals surface area contributed by atoms with Gasteiger partial charge in [-0.25, -0.2) is 13.4 Å². The van der Waals surface area contributed by atoms with E-state index in [1.54, 1.807) is 28.0 Å². The molecule has 0 bridgehead atoms. The summed E-state index contributed by atoms with van der Waals surface area (Å²) in [6.45, 7) is 1.64. The molecule has 2 aromatic rings. The number of aromatic nitrogens is 2. The summed E-state index contributed by atoms with van der Waals surface area (Å²) in [7, 11) is 0.551. The third-order valence-electron chi connectivity index (χ3n) is 3.86. The van der Waals surface area contributed by atoms with Crippen LogP contribution in [-0.4, -0.2) is 53.9 Å². The molecular formula is C13H18N4O2S2. The molecule has 3 heterocycles. The number of hydrogen-bond donors (Lipinski definition) is 0. The maximum absolute atomic E-state index is 12.6. The molecule has 0 radical (unpaired) electrons. The lowest BCUT2D eigenvalue weighted by Gasteiger charge is -2.37. The summed E-state index contributed by atoms with van der Waals surface area (Å²) in [5.41, 5.74) is 0. The van der Waals surface area contributed by atoms with Crippen LogP contribution in [0.2, 0.25) is 0 Å². The smallest absolute Gasteiger partial charge is 0.252 e. The van der Waals surface area contributed by atoms with Crippen molar-refractivity contribution in [1.82, 2.24) is 18.8 Å². The van der Waals surface area contributed by atoms with Crippen LogP contribution in [0.5, 0.6) is 0 Å². The zero-order valence-electron chi connectivity index (χ0n) is 12.0. The molecule has 1 aliphatic rings. The summed E-state index contributed by atoms with van der Waals surface area (Å²) >= 11 is 1.26. The SMILES string of the molecule is CN1CCN(S(=O)(=O)c2cccs2)C[C@H]1c1nccn1C. The molecule has 3 rings (SSSR count). The van der Waals surface area contributed by atoms with Gasteiger partial charge in [0, 0.05) is 39.1 Å². The molecule has 0 N–H and O–H groups in total. The average molecular weight is 326 g/mol. The molecule has 1 saturated heterocycles. The zero-order valence-corrected chi connectivity index (χ0v) is 13.6. The molecule has 2 aromatic heterocycles. The number of imidazole rings is 1. The van der Waals surface area contributed by atoms with Gasteiger partial charge in [0.1, 0.15) is 10.0 Å². The number of likely N-dealkylation sites (N-methyl/N-ethyl adjacent to an activating group) is 1. The predicted octanol–water partition coefficient (Wildman–Crippen LogP) is 1.16. The Kier molecular flexibility index (Phi) is 3.87. The highest BCUT2D eigenvalue weighted by Crippen LogP contribution is 2.28. The van der Waals surface area contributed by atoms with Gasteiger partial charge in [0.2, 0.25) is 0 Å². The van der Waals surface area contributed by atoms with Crippen LogP contribution in [0, 0.1) is 0 Å². The van der Waals surface area contributed by atoms with Crippen LogP contribution >= 0.6 is 11.3 Å². The van der Waals surface area contributed by atoms with E-state index in [0.717, 1.165) is 5.82 Å².